The number of hydrogen-bond acceptors (Lipinski definition) is 6. The van der Waals surface area contributed by atoms with Gasteiger partial charge in [0.05, 0.1) is 26.1 Å². The number of ether oxygens (including phenoxy) is 2. The van der Waals surface area contributed by atoms with Crippen LogP contribution in [0.3, 0.4) is 0 Å². The molecular weight excluding hydrogens is 238 g/mol. The van der Waals surface area contributed by atoms with E-state index in [-0.39, 0.29) is 37.9 Å². The topological polar surface area (TPSA) is 76.1 Å². The zero-order chi connectivity index (χ0) is 13.8. The smallest absolute Gasteiger partial charge is 0.307 e. The van der Waals surface area contributed by atoms with Gasteiger partial charge in [-0.15, -0.1) is 0 Å². The average molecular weight is 261 g/mol. The quantitative estimate of drug-likeness (QED) is 0.473. The molecule has 0 aromatic carbocycles. The summed E-state index contributed by atoms with van der Waals surface area (Å²) in [6, 6.07) is 0. The lowest BCUT2D eigenvalue weighted by Crippen LogP contribution is -2.26. The Balaban J connectivity index is 3.55. The zero-order valence-electron chi connectivity index (χ0n) is 11.2. The van der Waals surface area contributed by atoms with Gasteiger partial charge in [-0.2, -0.15) is 5.06 Å². The largest absolute Gasteiger partial charge is 0.466 e. The van der Waals surface area contributed by atoms with Crippen LogP contribution in [0.2, 0.25) is 0 Å². The van der Waals surface area contributed by atoms with E-state index < -0.39 is 0 Å². The molecule has 0 aromatic rings. The van der Waals surface area contributed by atoms with Crippen molar-refractivity contribution in [2.45, 2.75) is 39.5 Å². The molecule has 0 heterocycles. The molecule has 0 fully saturated rings. The fraction of sp³-hybridized carbons (Fsp3) is 0.833. The van der Waals surface area contributed by atoms with Gasteiger partial charge in [0.25, 0.3) is 0 Å². The lowest BCUT2D eigenvalue weighted by molar-refractivity contribution is -0.152. The second kappa shape index (κ2) is 11.0. The van der Waals surface area contributed by atoms with Gasteiger partial charge in [-0.05, 0) is 12.8 Å². The van der Waals surface area contributed by atoms with Crippen molar-refractivity contribution in [2.24, 2.45) is 0 Å². The fourth-order valence-electron chi connectivity index (χ4n) is 1.13. The first-order chi connectivity index (χ1) is 8.60. The Morgan fingerprint density at radius 2 is 1.33 bits per heavy atom. The molecule has 0 aliphatic carbocycles. The number of carbonyl (C=O) groups is 2. The summed E-state index contributed by atoms with van der Waals surface area (Å²) in [5.74, 6) is -0.686. The summed E-state index contributed by atoms with van der Waals surface area (Å²) in [5.41, 5.74) is 0. The number of rotatable bonds is 10. The van der Waals surface area contributed by atoms with E-state index in [9.17, 15) is 14.8 Å². The van der Waals surface area contributed by atoms with Gasteiger partial charge in [0.15, 0.2) is 0 Å². The maximum absolute atomic E-state index is 11.1. The molecule has 18 heavy (non-hydrogen) atoms. The van der Waals surface area contributed by atoms with Crippen LogP contribution < -0.4 is 0 Å². The van der Waals surface area contributed by atoms with E-state index in [2.05, 4.69) is 0 Å². The molecule has 0 spiro atoms. The van der Waals surface area contributed by atoms with E-state index in [1.807, 2.05) is 13.8 Å². The Kier molecular flexibility index (Phi) is 10.3. The number of hydroxylamine groups is 2. The zero-order valence-corrected chi connectivity index (χ0v) is 11.2. The van der Waals surface area contributed by atoms with Gasteiger partial charge in [0.2, 0.25) is 0 Å². The van der Waals surface area contributed by atoms with Gasteiger partial charge < -0.3 is 14.7 Å². The van der Waals surface area contributed by atoms with Crippen molar-refractivity contribution < 1.29 is 24.3 Å². The SMILES string of the molecule is CCCOC(=O)CCN(O)CCC(=O)OCCC. The van der Waals surface area contributed by atoms with Crippen LogP contribution in [0.25, 0.3) is 0 Å². The van der Waals surface area contributed by atoms with Crippen LogP contribution in [0.15, 0.2) is 0 Å². The second-order valence-electron chi connectivity index (χ2n) is 3.89. The van der Waals surface area contributed by atoms with Crippen LogP contribution in [0.5, 0.6) is 0 Å². The second-order valence-corrected chi connectivity index (χ2v) is 3.89. The molecule has 0 unspecified atom stereocenters. The number of hydrogen-bond donors (Lipinski definition) is 1. The normalized spacial score (nSPS) is 10.4. The predicted octanol–water partition coefficient (Wildman–Crippen LogP) is 1.36. The Labute approximate surface area is 108 Å². The summed E-state index contributed by atoms with van der Waals surface area (Å²) in [5, 5.41) is 10.3. The number of nitrogens with zero attached hydrogens (tertiary/aromatic N) is 1. The summed E-state index contributed by atoms with van der Waals surface area (Å²) in [6.07, 6.45) is 1.77. The van der Waals surface area contributed by atoms with Crippen LogP contribution in [0.1, 0.15) is 39.5 Å². The van der Waals surface area contributed by atoms with Gasteiger partial charge in [-0.3, -0.25) is 9.59 Å². The molecule has 0 aliphatic rings. The maximum atomic E-state index is 11.1. The van der Waals surface area contributed by atoms with Gasteiger partial charge in [-0.1, -0.05) is 13.8 Å². The third kappa shape index (κ3) is 10.0. The molecule has 106 valence electrons. The molecule has 0 amide bonds. The minimum atomic E-state index is -0.343. The summed E-state index contributed by atoms with van der Waals surface area (Å²) in [7, 11) is 0. The Morgan fingerprint density at radius 1 is 0.944 bits per heavy atom. The molecule has 0 aliphatic heterocycles. The van der Waals surface area contributed by atoms with Gasteiger partial charge in [0.1, 0.15) is 0 Å². The van der Waals surface area contributed by atoms with Crippen molar-refractivity contribution in [3.05, 3.63) is 0 Å². The van der Waals surface area contributed by atoms with Gasteiger partial charge >= 0.3 is 11.9 Å². The monoisotopic (exact) mass is 261 g/mol. The number of esters is 2. The minimum absolute atomic E-state index is 0.112. The molecule has 0 rings (SSSR count). The van der Waals surface area contributed by atoms with E-state index in [0.29, 0.717) is 13.2 Å². The summed E-state index contributed by atoms with van der Waals surface area (Å²) >= 11 is 0. The molecule has 6 heteroatoms. The summed E-state index contributed by atoms with van der Waals surface area (Å²) < 4.78 is 9.70. The van der Waals surface area contributed by atoms with Crippen molar-refractivity contribution >= 4 is 11.9 Å². The minimum Gasteiger partial charge on any atom is -0.466 e. The highest BCUT2D eigenvalue weighted by atomic mass is 16.5. The molecule has 0 atom stereocenters. The van der Waals surface area contributed by atoms with E-state index in [4.69, 9.17) is 9.47 Å². The Hall–Kier alpha value is -1.14. The molecule has 1 N–H and O–H groups in total. The third-order valence-electron chi connectivity index (χ3n) is 2.08. The van der Waals surface area contributed by atoms with Crippen molar-refractivity contribution in [3.63, 3.8) is 0 Å². The fourth-order valence-corrected chi connectivity index (χ4v) is 1.13. The number of carbonyl (C=O) groups excluding carboxylic acids is 2. The molecule has 0 radical (unpaired) electrons. The highest BCUT2D eigenvalue weighted by molar-refractivity contribution is 5.70. The summed E-state index contributed by atoms with van der Waals surface area (Å²) in [4.78, 5) is 22.3. The van der Waals surface area contributed by atoms with E-state index in [0.717, 1.165) is 17.9 Å². The van der Waals surface area contributed by atoms with Crippen LogP contribution in [0, 0.1) is 0 Å². The molecule has 0 saturated carbocycles. The van der Waals surface area contributed by atoms with Crippen molar-refractivity contribution in [2.75, 3.05) is 26.3 Å². The lowest BCUT2D eigenvalue weighted by Gasteiger charge is -2.13. The lowest BCUT2D eigenvalue weighted by atomic mass is 10.3. The highest BCUT2D eigenvalue weighted by Crippen LogP contribution is 1.95. The van der Waals surface area contributed by atoms with Crippen LogP contribution >= 0.6 is 0 Å². The Morgan fingerprint density at radius 3 is 1.67 bits per heavy atom. The molecule has 6 nitrogen and oxygen atoms in total. The third-order valence-corrected chi connectivity index (χ3v) is 2.08. The molecular formula is C12H23NO5. The molecule has 0 aromatic heterocycles. The standard InChI is InChI=1S/C12H23NO5/c1-3-9-17-11(14)5-7-13(16)8-6-12(15)18-10-4-2/h16H,3-10H2,1-2H3. The molecule has 0 saturated heterocycles. The highest BCUT2D eigenvalue weighted by Gasteiger charge is 2.09. The predicted molar refractivity (Wildman–Crippen MR) is 65.1 cm³/mol. The first kappa shape index (κ1) is 16.9. The van der Waals surface area contributed by atoms with Crippen LogP contribution in [-0.2, 0) is 19.1 Å². The van der Waals surface area contributed by atoms with E-state index in [1.165, 1.54) is 0 Å². The van der Waals surface area contributed by atoms with Crippen LogP contribution in [0.4, 0.5) is 0 Å². The Bertz CT molecular complexity index is 221. The first-order valence-corrected chi connectivity index (χ1v) is 6.35. The van der Waals surface area contributed by atoms with E-state index in [1.54, 1.807) is 0 Å². The first-order valence-electron chi connectivity index (χ1n) is 6.35. The maximum Gasteiger partial charge on any atom is 0.307 e. The summed E-state index contributed by atoms with van der Waals surface area (Å²) in [6.45, 7) is 4.93. The molecule has 0 bridgehead atoms. The average Bonchev–Trinajstić information content (AvgIpc) is 2.37. The van der Waals surface area contributed by atoms with Gasteiger partial charge in [0, 0.05) is 13.1 Å². The van der Waals surface area contributed by atoms with Crippen LogP contribution in [-0.4, -0.2) is 48.5 Å². The van der Waals surface area contributed by atoms with Crippen molar-refractivity contribution in [1.29, 1.82) is 0 Å². The van der Waals surface area contributed by atoms with Gasteiger partial charge in [-0.25, -0.2) is 0 Å². The van der Waals surface area contributed by atoms with Crippen molar-refractivity contribution in [1.82, 2.24) is 5.06 Å². The van der Waals surface area contributed by atoms with Crippen molar-refractivity contribution in [3.8, 4) is 0 Å². The van der Waals surface area contributed by atoms with E-state index >= 15 is 0 Å².